The van der Waals surface area contributed by atoms with E-state index >= 15 is 0 Å². The summed E-state index contributed by atoms with van der Waals surface area (Å²) in [6.45, 7) is 0.210. The van der Waals surface area contributed by atoms with E-state index in [1.165, 1.54) is 24.3 Å². The van der Waals surface area contributed by atoms with Gasteiger partial charge >= 0.3 is 0 Å². The van der Waals surface area contributed by atoms with Gasteiger partial charge in [0.25, 0.3) is 15.9 Å². The van der Waals surface area contributed by atoms with Crippen LogP contribution in [0.2, 0.25) is 0 Å². The van der Waals surface area contributed by atoms with Crippen molar-refractivity contribution in [1.82, 2.24) is 19.9 Å². The zero-order valence-electron chi connectivity index (χ0n) is 15.5. The Morgan fingerprint density at radius 3 is 2.43 bits per heavy atom. The molecule has 152 valence electrons. The Morgan fingerprint density at radius 2 is 1.70 bits per heavy atom. The molecule has 0 aliphatic heterocycles. The van der Waals surface area contributed by atoms with Crippen LogP contribution in [0.4, 0.5) is 5.69 Å². The van der Waals surface area contributed by atoms with Crippen LogP contribution in [-0.4, -0.2) is 28.9 Å². The summed E-state index contributed by atoms with van der Waals surface area (Å²) in [4.78, 5) is 12.6. The van der Waals surface area contributed by atoms with Gasteiger partial charge in [0.15, 0.2) is 11.5 Å². The number of nitrogens with one attached hydrogen (secondary N) is 2. The highest BCUT2D eigenvalue weighted by Crippen LogP contribution is 2.19. The number of hydrogen-bond donors (Lipinski definition) is 2. The number of carbonyl (C=O) groups is 1. The van der Waals surface area contributed by atoms with Gasteiger partial charge in [0, 0.05) is 21.9 Å². The van der Waals surface area contributed by atoms with E-state index in [2.05, 4.69) is 36.2 Å². The summed E-state index contributed by atoms with van der Waals surface area (Å²) in [6.07, 6.45) is 1.82. The molecule has 0 radical (unpaired) electrons. The summed E-state index contributed by atoms with van der Waals surface area (Å²) in [5.41, 5.74) is 1.46. The standard InChI is InChI=1S/C20H16BrN5O3S/c21-15-6-10-17(11-7-15)30(28,29)25-16-8-4-14(5-9-16)20(27)22-13-19-24-23-18-3-1-2-12-26(18)19/h1-12,25H,13H2,(H,22,27). The van der Waals surface area contributed by atoms with Crippen molar-refractivity contribution in [3.63, 3.8) is 0 Å². The van der Waals surface area contributed by atoms with Crippen LogP contribution in [0.3, 0.4) is 0 Å². The maximum Gasteiger partial charge on any atom is 0.261 e. The van der Waals surface area contributed by atoms with Crippen LogP contribution in [0, 0.1) is 0 Å². The first-order valence-electron chi connectivity index (χ1n) is 8.88. The van der Waals surface area contributed by atoms with Gasteiger partial charge in [-0.3, -0.25) is 13.9 Å². The number of carbonyl (C=O) groups excluding carboxylic acids is 1. The molecule has 0 unspecified atom stereocenters. The molecule has 4 aromatic rings. The lowest BCUT2D eigenvalue weighted by Gasteiger charge is -2.09. The minimum atomic E-state index is -3.71. The number of nitrogens with zero attached hydrogens (tertiary/aromatic N) is 3. The third kappa shape index (κ3) is 4.34. The first-order valence-corrected chi connectivity index (χ1v) is 11.2. The Morgan fingerprint density at radius 1 is 0.967 bits per heavy atom. The molecule has 8 nitrogen and oxygen atoms in total. The molecule has 2 aromatic heterocycles. The average molecular weight is 486 g/mol. The number of anilines is 1. The van der Waals surface area contributed by atoms with Crippen LogP contribution in [-0.2, 0) is 16.6 Å². The van der Waals surface area contributed by atoms with Crippen LogP contribution < -0.4 is 10.0 Å². The molecule has 0 fully saturated rings. The highest BCUT2D eigenvalue weighted by Gasteiger charge is 2.15. The lowest BCUT2D eigenvalue weighted by Crippen LogP contribution is -2.24. The van der Waals surface area contributed by atoms with E-state index in [0.717, 1.165) is 4.47 Å². The van der Waals surface area contributed by atoms with Gasteiger partial charge in [0.2, 0.25) is 0 Å². The van der Waals surface area contributed by atoms with Crippen molar-refractivity contribution < 1.29 is 13.2 Å². The number of benzene rings is 2. The van der Waals surface area contributed by atoms with Crippen LogP contribution in [0.15, 0.2) is 82.3 Å². The average Bonchev–Trinajstić information content (AvgIpc) is 3.16. The second-order valence-electron chi connectivity index (χ2n) is 6.36. The Balaban J connectivity index is 1.41. The molecule has 4 rings (SSSR count). The van der Waals surface area contributed by atoms with E-state index in [1.807, 2.05) is 24.4 Å². The number of fused-ring (bicyclic) bond motifs is 1. The monoisotopic (exact) mass is 485 g/mol. The van der Waals surface area contributed by atoms with Gasteiger partial charge in [0.05, 0.1) is 11.4 Å². The Bertz CT molecular complexity index is 1300. The number of pyridine rings is 1. The first-order chi connectivity index (χ1) is 14.4. The van der Waals surface area contributed by atoms with E-state index in [0.29, 0.717) is 22.7 Å². The molecular weight excluding hydrogens is 470 g/mol. The van der Waals surface area contributed by atoms with Crippen LogP contribution in [0.1, 0.15) is 16.2 Å². The third-order valence-electron chi connectivity index (χ3n) is 4.31. The minimum Gasteiger partial charge on any atom is -0.345 e. The third-order valence-corrected chi connectivity index (χ3v) is 6.24. The lowest BCUT2D eigenvalue weighted by atomic mass is 10.2. The highest BCUT2D eigenvalue weighted by molar-refractivity contribution is 9.10. The van der Waals surface area contributed by atoms with Gasteiger partial charge in [-0.25, -0.2) is 8.42 Å². The van der Waals surface area contributed by atoms with Crippen molar-refractivity contribution in [1.29, 1.82) is 0 Å². The quantitative estimate of drug-likeness (QED) is 0.436. The van der Waals surface area contributed by atoms with Crippen LogP contribution >= 0.6 is 15.9 Å². The van der Waals surface area contributed by atoms with Gasteiger partial charge in [-0.1, -0.05) is 22.0 Å². The SMILES string of the molecule is O=C(NCc1nnc2ccccn12)c1ccc(NS(=O)(=O)c2ccc(Br)cc2)cc1. The molecule has 1 amide bonds. The van der Waals surface area contributed by atoms with Gasteiger partial charge in [-0.2, -0.15) is 0 Å². The zero-order valence-corrected chi connectivity index (χ0v) is 17.9. The molecule has 2 aromatic carbocycles. The molecule has 0 saturated carbocycles. The fraction of sp³-hybridized carbons (Fsp3) is 0.0500. The summed E-state index contributed by atoms with van der Waals surface area (Å²) < 4.78 is 30.0. The molecule has 0 saturated heterocycles. The molecule has 2 heterocycles. The summed E-state index contributed by atoms with van der Waals surface area (Å²) in [6, 6.07) is 18.0. The molecule has 2 N–H and O–H groups in total. The fourth-order valence-corrected chi connectivity index (χ4v) is 4.11. The largest absolute Gasteiger partial charge is 0.345 e. The molecule has 30 heavy (non-hydrogen) atoms. The molecule has 0 atom stereocenters. The topological polar surface area (TPSA) is 105 Å². The maximum absolute atomic E-state index is 12.5. The Labute approximate surface area is 181 Å². The zero-order chi connectivity index (χ0) is 21.1. The summed E-state index contributed by atoms with van der Waals surface area (Å²) in [5, 5.41) is 10.9. The second-order valence-corrected chi connectivity index (χ2v) is 8.96. The number of amides is 1. The van der Waals surface area contributed by atoms with Crippen molar-refractivity contribution in [2.24, 2.45) is 0 Å². The number of hydrogen-bond acceptors (Lipinski definition) is 5. The number of sulfonamides is 1. The lowest BCUT2D eigenvalue weighted by molar-refractivity contribution is 0.0950. The number of halogens is 1. The van der Waals surface area contributed by atoms with Crippen molar-refractivity contribution in [2.45, 2.75) is 11.4 Å². The molecular formula is C20H16BrN5O3S. The number of rotatable bonds is 6. The number of aromatic nitrogens is 3. The predicted molar refractivity (Wildman–Crippen MR) is 116 cm³/mol. The van der Waals surface area contributed by atoms with Crippen molar-refractivity contribution in [3.05, 3.63) is 88.8 Å². The summed E-state index contributed by atoms with van der Waals surface area (Å²) in [5.74, 6) is 0.308. The van der Waals surface area contributed by atoms with Gasteiger partial charge < -0.3 is 5.32 Å². The van der Waals surface area contributed by atoms with Crippen molar-refractivity contribution >= 4 is 43.2 Å². The van der Waals surface area contributed by atoms with E-state index < -0.39 is 10.0 Å². The minimum absolute atomic E-state index is 0.146. The van der Waals surface area contributed by atoms with E-state index in [1.54, 1.807) is 28.7 Å². The first kappa shape index (κ1) is 20.0. The summed E-state index contributed by atoms with van der Waals surface area (Å²) in [7, 11) is -3.71. The van der Waals surface area contributed by atoms with E-state index in [-0.39, 0.29) is 17.3 Å². The van der Waals surface area contributed by atoms with Crippen molar-refractivity contribution in [3.8, 4) is 0 Å². The maximum atomic E-state index is 12.5. The van der Waals surface area contributed by atoms with Gasteiger partial charge in [0.1, 0.15) is 0 Å². The van der Waals surface area contributed by atoms with Crippen molar-refractivity contribution in [2.75, 3.05) is 4.72 Å². The van der Waals surface area contributed by atoms with E-state index in [9.17, 15) is 13.2 Å². The van der Waals surface area contributed by atoms with Gasteiger partial charge in [-0.05, 0) is 60.7 Å². The molecule has 0 aliphatic carbocycles. The van der Waals surface area contributed by atoms with E-state index in [4.69, 9.17) is 0 Å². The smallest absolute Gasteiger partial charge is 0.261 e. The molecule has 0 bridgehead atoms. The molecule has 0 aliphatic rings. The predicted octanol–water partition coefficient (Wildman–Crippen LogP) is 3.22. The highest BCUT2D eigenvalue weighted by atomic mass is 79.9. The Hall–Kier alpha value is -3.24. The van der Waals surface area contributed by atoms with Gasteiger partial charge in [-0.15, -0.1) is 10.2 Å². The molecule has 10 heteroatoms. The Kier molecular flexibility index (Phi) is 5.51. The van der Waals surface area contributed by atoms with Crippen LogP contribution in [0.5, 0.6) is 0 Å². The molecule has 0 spiro atoms. The fourth-order valence-electron chi connectivity index (χ4n) is 2.79. The van der Waals surface area contributed by atoms with Crippen LogP contribution in [0.25, 0.3) is 5.65 Å². The normalized spacial score (nSPS) is 11.4. The second kappa shape index (κ2) is 8.25. The summed E-state index contributed by atoms with van der Waals surface area (Å²) >= 11 is 3.28.